The van der Waals surface area contributed by atoms with Gasteiger partial charge in [0.2, 0.25) is 0 Å². The first-order valence-corrected chi connectivity index (χ1v) is 6.28. The fourth-order valence-corrected chi connectivity index (χ4v) is 1.75. The fourth-order valence-electron chi connectivity index (χ4n) is 1.75. The van der Waals surface area contributed by atoms with Gasteiger partial charge in [0.15, 0.2) is 5.78 Å². The summed E-state index contributed by atoms with van der Waals surface area (Å²) in [6.07, 6.45) is 4.91. The molecule has 0 unspecified atom stereocenters. The van der Waals surface area contributed by atoms with Crippen LogP contribution in [0.3, 0.4) is 0 Å². The molecule has 0 aliphatic rings. The molecule has 1 nitrogen and oxygen atoms in total. The third kappa shape index (κ3) is 3.80. The molecule has 0 bridgehead atoms. The highest BCUT2D eigenvalue weighted by Gasteiger charge is 2.09. The van der Waals surface area contributed by atoms with Crippen LogP contribution in [-0.4, -0.2) is 5.78 Å². The normalized spacial score (nSPS) is 10.8. The maximum absolute atomic E-state index is 11.7. The Balaban J connectivity index is 2.57. The molecule has 16 heavy (non-hydrogen) atoms. The third-order valence-corrected chi connectivity index (χ3v) is 2.83. The molecular formula is C15H22O. The van der Waals surface area contributed by atoms with E-state index >= 15 is 0 Å². The van der Waals surface area contributed by atoms with E-state index in [0.29, 0.717) is 0 Å². The van der Waals surface area contributed by atoms with Crippen molar-refractivity contribution in [3.05, 3.63) is 35.4 Å². The zero-order valence-corrected chi connectivity index (χ0v) is 10.6. The second kappa shape index (κ2) is 6.47. The first kappa shape index (κ1) is 13.0. The predicted molar refractivity (Wildman–Crippen MR) is 68.8 cm³/mol. The van der Waals surface area contributed by atoms with Gasteiger partial charge in [0, 0.05) is 11.5 Å². The van der Waals surface area contributed by atoms with Crippen LogP contribution in [0.5, 0.6) is 0 Å². The SMILES string of the molecule is CCCCCc1ccc(C(=O)C(C)C)cc1. The Labute approximate surface area is 98.9 Å². The molecule has 0 aromatic heterocycles. The Bertz CT molecular complexity index is 322. The van der Waals surface area contributed by atoms with Gasteiger partial charge < -0.3 is 0 Å². The number of carbonyl (C=O) groups is 1. The van der Waals surface area contributed by atoms with Gasteiger partial charge in [-0.15, -0.1) is 0 Å². The van der Waals surface area contributed by atoms with E-state index in [9.17, 15) is 4.79 Å². The van der Waals surface area contributed by atoms with Gasteiger partial charge in [-0.05, 0) is 18.4 Å². The minimum atomic E-state index is 0.0888. The van der Waals surface area contributed by atoms with E-state index in [4.69, 9.17) is 0 Å². The molecule has 1 aromatic rings. The standard InChI is InChI=1S/C15H22O/c1-4-5-6-7-13-8-10-14(11-9-13)15(16)12(2)3/h8-12H,4-7H2,1-3H3. The molecule has 0 saturated heterocycles. The minimum absolute atomic E-state index is 0.0888. The maximum Gasteiger partial charge on any atom is 0.165 e. The van der Waals surface area contributed by atoms with E-state index in [1.807, 2.05) is 26.0 Å². The van der Waals surface area contributed by atoms with Crippen LogP contribution >= 0.6 is 0 Å². The highest BCUT2D eigenvalue weighted by Crippen LogP contribution is 2.12. The number of ketones is 1. The Morgan fingerprint density at radius 3 is 2.25 bits per heavy atom. The van der Waals surface area contributed by atoms with Gasteiger partial charge in [-0.3, -0.25) is 4.79 Å². The predicted octanol–water partition coefficient (Wildman–Crippen LogP) is 4.26. The van der Waals surface area contributed by atoms with E-state index in [1.54, 1.807) is 0 Å². The summed E-state index contributed by atoms with van der Waals surface area (Å²) in [7, 11) is 0. The van der Waals surface area contributed by atoms with Gasteiger partial charge in [0.25, 0.3) is 0 Å². The molecule has 0 saturated carbocycles. The zero-order chi connectivity index (χ0) is 12.0. The molecule has 1 rings (SSSR count). The first-order valence-electron chi connectivity index (χ1n) is 6.28. The highest BCUT2D eigenvalue weighted by molar-refractivity contribution is 5.97. The summed E-state index contributed by atoms with van der Waals surface area (Å²) in [5, 5.41) is 0. The lowest BCUT2D eigenvalue weighted by Gasteiger charge is -2.05. The molecule has 0 aliphatic heterocycles. The van der Waals surface area contributed by atoms with Crippen LogP contribution in [0.4, 0.5) is 0 Å². The van der Waals surface area contributed by atoms with Crippen molar-refractivity contribution in [2.45, 2.75) is 46.5 Å². The van der Waals surface area contributed by atoms with E-state index in [1.165, 1.54) is 24.8 Å². The number of rotatable bonds is 6. The molecule has 0 atom stereocenters. The molecule has 1 heteroatoms. The smallest absolute Gasteiger partial charge is 0.165 e. The monoisotopic (exact) mass is 218 g/mol. The van der Waals surface area contributed by atoms with Crippen molar-refractivity contribution in [2.24, 2.45) is 5.92 Å². The van der Waals surface area contributed by atoms with Gasteiger partial charge in [-0.2, -0.15) is 0 Å². The molecule has 0 fully saturated rings. The summed E-state index contributed by atoms with van der Waals surface area (Å²) in [4.78, 5) is 11.7. The number of hydrogen-bond donors (Lipinski definition) is 0. The zero-order valence-electron chi connectivity index (χ0n) is 10.6. The molecule has 88 valence electrons. The highest BCUT2D eigenvalue weighted by atomic mass is 16.1. The lowest BCUT2D eigenvalue weighted by atomic mass is 9.99. The minimum Gasteiger partial charge on any atom is -0.294 e. The van der Waals surface area contributed by atoms with Gasteiger partial charge in [0.1, 0.15) is 0 Å². The summed E-state index contributed by atoms with van der Waals surface area (Å²) in [5.74, 6) is 0.325. The van der Waals surface area contributed by atoms with Crippen molar-refractivity contribution < 1.29 is 4.79 Å². The topological polar surface area (TPSA) is 17.1 Å². The molecule has 0 spiro atoms. The van der Waals surface area contributed by atoms with Gasteiger partial charge in [0.05, 0.1) is 0 Å². The summed E-state index contributed by atoms with van der Waals surface area (Å²) >= 11 is 0. The van der Waals surface area contributed by atoms with Crippen LogP contribution in [0.2, 0.25) is 0 Å². The first-order chi connectivity index (χ1) is 7.65. The number of unbranched alkanes of at least 4 members (excludes halogenated alkanes) is 2. The van der Waals surface area contributed by atoms with E-state index < -0.39 is 0 Å². The van der Waals surface area contributed by atoms with Gasteiger partial charge in [-0.1, -0.05) is 57.9 Å². The number of carbonyl (C=O) groups excluding carboxylic acids is 1. The average Bonchev–Trinajstić information content (AvgIpc) is 2.29. The van der Waals surface area contributed by atoms with Crippen molar-refractivity contribution in [1.82, 2.24) is 0 Å². The van der Waals surface area contributed by atoms with Crippen LogP contribution < -0.4 is 0 Å². The summed E-state index contributed by atoms with van der Waals surface area (Å²) < 4.78 is 0. The van der Waals surface area contributed by atoms with Crippen LogP contribution in [-0.2, 0) is 6.42 Å². The third-order valence-electron chi connectivity index (χ3n) is 2.83. The largest absolute Gasteiger partial charge is 0.294 e. The second-order valence-corrected chi connectivity index (χ2v) is 4.67. The van der Waals surface area contributed by atoms with E-state index in [2.05, 4.69) is 19.1 Å². The lowest BCUT2D eigenvalue weighted by molar-refractivity contribution is 0.0939. The van der Waals surface area contributed by atoms with Gasteiger partial charge >= 0.3 is 0 Å². The Hall–Kier alpha value is -1.11. The van der Waals surface area contributed by atoms with E-state index in [-0.39, 0.29) is 11.7 Å². The Morgan fingerprint density at radius 1 is 1.12 bits per heavy atom. The van der Waals surface area contributed by atoms with Crippen LogP contribution in [0, 0.1) is 5.92 Å². The van der Waals surface area contributed by atoms with Crippen LogP contribution in [0.25, 0.3) is 0 Å². The van der Waals surface area contributed by atoms with E-state index in [0.717, 1.165) is 12.0 Å². The van der Waals surface area contributed by atoms with Crippen molar-refractivity contribution >= 4 is 5.78 Å². The molecule has 0 aliphatic carbocycles. The molecule has 0 radical (unpaired) electrons. The van der Waals surface area contributed by atoms with Gasteiger partial charge in [-0.25, -0.2) is 0 Å². The van der Waals surface area contributed by atoms with Crippen molar-refractivity contribution in [1.29, 1.82) is 0 Å². The fraction of sp³-hybridized carbons (Fsp3) is 0.533. The average molecular weight is 218 g/mol. The maximum atomic E-state index is 11.7. The molecule has 1 aromatic carbocycles. The second-order valence-electron chi connectivity index (χ2n) is 4.67. The van der Waals surface area contributed by atoms with Crippen LogP contribution in [0.1, 0.15) is 56.0 Å². The molecule has 0 N–H and O–H groups in total. The summed E-state index contributed by atoms with van der Waals surface area (Å²) in [6.45, 7) is 6.10. The molecular weight excluding hydrogens is 196 g/mol. The number of Topliss-reactive ketones (excluding diaryl/α,β-unsaturated/α-hetero) is 1. The molecule has 0 amide bonds. The summed E-state index contributed by atoms with van der Waals surface area (Å²) in [6, 6.07) is 8.10. The number of hydrogen-bond acceptors (Lipinski definition) is 1. The molecule has 0 heterocycles. The number of aryl methyl sites for hydroxylation is 1. The Morgan fingerprint density at radius 2 is 1.75 bits per heavy atom. The lowest BCUT2D eigenvalue weighted by Crippen LogP contribution is -2.07. The Kier molecular flexibility index (Phi) is 5.24. The van der Waals surface area contributed by atoms with Crippen LogP contribution in [0.15, 0.2) is 24.3 Å². The summed E-state index contributed by atoms with van der Waals surface area (Å²) in [5.41, 5.74) is 2.18. The van der Waals surface area contributed by atoms with Crippen molar-refractivity contribution in [3.63, 3.8) is 0 Å². The van der Waals surface area contributed by atoms with Crippen molar-refractivity contribution in [3.8, 4) is 0 Å². The van der Waals surface area contributed by atoms with Crippen molar-refractivity contribution in [2.75, 3.05) is 0 Å². The number of benzene rings is 1. The quantitative estimate of drug-likeness (QED) is 0.515.